The molecule has 0 aromatic rings. The molecule has 0 rings (SSSR count). The third-order valence-electron chi connectivity index (χ3n) is 1.88. The summed E-state index contributed by atoms with van der Waals surface area (Å²) in [7, 11) is 0. The summed E-state index contributed by atoms with van der Waals surface area (Å²) < 4.78 is 0. The van der Waals surface area contributed by atoms with Gasteiger partial charge in [-0.3, -0.25) is 5.32 Å². The zero-order chi connectivity index (χ0) is 11.8. The van der Waals surface area contributed by atoms with Crippen molar-refractivity contribution in [3.63, 3.8) is 0 Å². The van der Waals surface area contributed by atoms with Gasteiger partial charge in [0.25, 0.3) is 0 Å². The van der Waals surface area contributed by atoms with Gasteiger partial charge in [-0.1, -0.05) is 0 Å². The number of hydrogen-bond donors (Lipinski definition) is 5. The van der Waals surface area contributed by atoms with E-state index in [9.17, 15) is 19.8 Å². The van der Waals surface area contributed by atoms with Gasteiger partial charge >= 0.3 is 0 Å². The minimum atomic E-state index is -1.66. The van der Waals surface area contributed by atoms with E-state index >= 15 is 0 Å². The average Bonchev–Trinajstić information content (AvgIpc) is 2.27. The minimum Gasteiger partial charge on any atom is -0.394 e. The maximum atomic E-state index is 10.5. The maximum Gasteiger partial charge on any atom is 0.139 e. The minimum absolute atomic E-state index is 0.164. The first-order valence-electron chi connectivity index (χ1n) is 4.35. The van der Waals surface area contributed by atoms with Crippen LogP contribution in [0.1, 0.15) is 0 Å². The van der Waals surface area contributed by atoms with Crippen LogP contribution in [0.15, 0.2) is 0 Å². The van der Waals surface area contributed by atoms with E-state index in [4.69, 9.17) is 10.2 Å². The molecule has 7 heteroatoms. The van der Waals surface area contributed by atoms with Crippen molar-refractivity contribution in [1.82, 2.24) is 5.32 Å². The molecule has 0 spiro atoms. The highest BCUT2D eigenvalue weighted by molar-refractivity contribution is 5.61. The van der Waals surface area contributed by atoms with E-state index < -0.39 is 31.0 Å². The van der Waals surface area contributed by atoms with Crippen LogP contribution in [0.4, 0.5) is 0 Å². The number of nitrogens with one attached hydrogen (secondary N) is 1. The fourth-order valence-electron chi connectivity index (χ4n) is 0.982. The van der Waals surface area contributed by atoms with E-state index in [1.54, 1.807) is 0 Å². The van der Waals surface area contributed by atoms with Crippen LogP contribution in [0.3, 0.4) is 0 Å². The number of aldehydes is 2. The lowest BCUT2D eigenvalue weighted by atomic mass is 10.0. The van der Waals surface area contributed by atoms with Gasteiger partial charge in [0, 0.05) is 0 Å². The molecule has 5 N–H and O–H groups in total. The summed E-state index contributed by atoms with van der Waals surface area (Å²) in [6, 6.07) is -1.17. The number of hydrogen-bond acceptors (Lipinski definition) is 7. The molecule has 0 aliphatic heterocycles. The zero-order valence-corrected chi connectivity index (χ0v) is 7.98. The quantitative estimate of drug-likeness (QED) is 0.268. The highest BCUT2D eigenvalue weighted by Gasteiger charge is 2.30. The Balaban J connectivity index is 4.28. The van der Waals surface area contributed by atoms with Gasteiger partial charge in [0.05, 0.1) is 19.2 Å². The Morgan fingerprint density at radius 2 is 1.73 bits per heavy atom. The van der Waals surface area contributed by atoms with Gasteiger partial charge in [-0.15, -0.1) is 0 Å². The number of rotatable bonds is 8. The molecular weight excluding hydrogens is 206 g/mol. The molecular formula is C8H15NO6. The van der Waals surface area contributed by atoms with Crippen molar-refractivity contribution in [3.8, 4) is 0 Å². The third-order valence-corrected chi connectivity index (χ3v) is 1.88. The Labute approximate surface area is 86.3 Å². The van der Waals surface area contributed by atoms with E-state index in [1.807, 2.05) is 0 Å². The van der Waals surface area contributed by atoms with Gasteiger partial charge in [0.1, 0.15) is 30.9 Å². The van der Waals surface area contributed by atoms with E-state index in [-0.39, 0.29) is 6.54 Å². The molecule has 0 aromatic carbocycles. The van der Waals surface area contributed by atoms with Gasteiger partial charge in [0.15, 0.2) is 0 Å². The second kappa shape index (κ2) is 7.43. The Morgan fingerprint density at radius 1 is 1.13 bits per heavy atom. The van der Waals surface area contributed by atoms with Crippen molar-refractivity contribution in [3.05, 3.63) is 0 Å². The number of carbonyl (C=O) groups is 2. The highest BCUT2D eigenvalue weighted by atomic mass is 16.4. The highest BCUT2D eigenvalue weighted by Crippen LogP contribution is 2.03. The topological polar surface area (TPSA) is 127 Å². The molecule has 0 fully saturated rings. The van der Waals surface area contributed by atoms with Crippen LogP contribution in [0, 0.1) is 0 Å². The van der Waals surface area contributed by atoms with E-state index in [0.29, 0.717) is 12.6 Å². The lowest BCUT2D eigenvalue weighted by Gasteiger charge is -2.25. The second-order valence-corrected chi connectivity index (χ2v) is 2.97. The van der Waals surface area contributed by atoms with Crippen LogP contribution in [0.25, 0.3) is 0 Å². The molecule has 0 heterocycles. The van der Waals surface area contributed by atoms with Crippen LogP contribution in [-0.4, -0.2) is 70.5 Å². The van der Waals surface area contributed by atoms with Crippen LogP contribution in [0.2, 0.25) is 0 Å². The van der Waals surface area contributed by atoms with Crippen LogP contribution in [-0.2, 0) is 9.59 Å². The molecule has 0 saturated carbocycles. The second-order valence-electron chi connectivity index (χ2n) is 2.97. The molecule has 0 saturated heterocycles. The molecule has 0 radical (unpaired) electrons. The normalized spacial score (nSPS) is 18.9. The largest absolute Gasteiger partial charge is 0.394 e. The van der Waals surface area contributed by atoms with Crippen LogP contribution in [0.5, 0.6) is 0 Å². The van der Waals surface area contributed by atoms with Crippen molar-refractivity contribution >= 4 is 12.6 Å². The van der Waals surface area contributed by atoms with Gasteiger partial charge in [0.2, 0.25) is 0 Å². The Hall–Kier alpha value is -0.860. The first kappa shape index (κ1) is 14.1. The first-order valence-corrected chi connectivity index (χ1v) is 4.35. The third kappa shape index (κ3) is 4.45. The summed E-state index contributed by atoms with van der Waals surface area (Å²) >= 11 is 0. The molecule has 0 unspecified atom stereocenters. The molecule has 0 amide bonds. The Bertz CT molecular complexity index is 200. The summed E-state index contributed by atoms with van der Waals surface area (Å²) in [6.07, 6.45) is -4.01. The first-order chi connectivity index (χ1) is 7.08. The van der Waals surface area contributed by atoms with E-state index in [1.165, 1.54) is 0 Å². The van der Waals surface area contributed by atoms with Crippen molar-refractivity contribution in [1.29, 1.82) is 0 Å². The summed E-state index contributed by atoms with van der Waals surface area (Å²) in [5.41, 5.74) is 0. The van der Waals surface area contributed by atoms with Crippen molar-refractivity contribution in [2.24, 2.45) is 0 Å². The zero-order valence-electron chi connectivity index (χ0n) is 7.98. The number of aliphatic hydroxyl groups is 4. The SMILES string of the molecule is O=CCN[C@H](C=O)[C@@H](O)[C@H](O)[C@H](O)CO. The monoisotopic (exact) mass is 221 g/mol. The molecule has 4 atom stereocenters. The standard InChI is InChI=1S/C8H15NO6/c10-2-1-9-5(3-11)7(14)8(15)6(13)4-12/h2-3,5-9,12-15H,1,4H2/t5-,6-,7-,8-/m1/s1. The van der Waals surface area contributed by atoms with E-state index in [2.05, 4.69) is 5.32 Å². The average molecular weight is 221 g/mol. The predicted octanol–water partition coefficient (Wildman–Crippen LogP) is -3.58. The molecule has 0 aliphatic rings. The van der Waals surface area contributed by atoms with Crippen molar-refractivity contribution in [2.45, 2.75) is 24.4 Å². The number of aliphatic hydroxyl groups excluding tert-OH is 4. The molecule has 88 valence electrons. The molecule has 0 bridgehead atoms. The van der Waals surface area contributed by atoms with Gasteiger partial charge in [-0.25, -0.2) is 0 Å². The number of carbonyl (C=O) groups excluding carboxylic acids is 2. The van der Waals surface area contributed by atoms with Gasteiger partial charge in [-0.2, -0.15) is 0 Å². The predicted molar refractivity (Wildman–Crippen MR) is 49.0 cm³/mol. The maximum absolute atomic E-state index is 10.5. The van der Waals surface area contributed by atoms with Crippen LogP contribution < -0.4 is 5.32 Å². The van der Waals surface area contributed by atoms with E-state index in [0.717, 1.165) is 0 Å². The molecule has 0 aromatic heterocycles. The van der Waals surface area contributed by atoms with Gasteiger partial charge in [-0.05, 0) is 0 Å². The lowest BCUT2D eigenvalue weighted by Crippen LogP contribution is -2.52. The Kier molecular flexibility index (Phi) is 7.01. The fourth-order valence-corrected chi connectivity index (χ4v) is 0.982. The van der Waals surface area contributed by atoms with Crippen molar-refractivity contribution in [2.75, 3.05) is 13.2 Å². The summed E-state index contributed by atoms with van der Waals surface area (Å²) in [5.74, 6) is 0. The lowest BCUT2D eigenvalue weighted by molar-refractivity contribution is -0.120. The summed E-state index contributed by atoms with van der Waals surface area (Å²) in [6.45, 7) is -0.903. The Morgan fingerprint density at radius 3 is 2.13 bits per heavy atom. The molecule has 15 heavy (non-hydrogen) atoms. The van der Waals surface area contributed by atoms with Crippen molar-refractivity contribution < 1.29 is 30.0 Å². The summed E-state index contributed by atoms with van der Waals surface area (Å²) in [4.78, 5) is 20.5. The fraction of sp³-hybridized carbons (Fsp3) is 0.750. The smallest absolute Gasteiger partial charge is 0.139 e. The van der Waals surface area contributed by atoms with Gasteiger partial charge < -0.3 is 30.0 Å². The molecule has 0 aliphatic carbocycles. The van der Waals surface area contributed by atoms with Crippen LogP contribution >= 0.6 is 0 Å². The summed E-state index contributed by atoms with van der Waals surface area (Å²) in [5, 5.41) is 38.4. The molecule has 7 nitrogen and oxygen atoms in total.